The number of carbonyl (C=O) groups is 1. The summed E-state index contributed by atoms with van der Waals surface area (Å²) in [6.07, 6.45) is 6.63. The molecule has 0 heterocycles. The maximum Gasteiger partial charge on any atom is 0.327 e. The Morgan fingerprint density at radius 2 is 2.07 bits per heavy atom. The van der Waals surface area contributed by atoms with Gasteiger partial charge in [-0.1, -0.05) is 40.2 Å². The van der Waals surface area contributed by atoms with Gasteiger partial charge in [0, 0.05) is 6.08 Å². The van der Waals surface area contributed by atoms with Crippen molar-refractivity contribution in [3.63, 3.8) is 0 Å². The molecule has 1 atom stereocenters. The molecule has 1 unspecified atom stereocenters. The third-order valence-corrected chi connectivity index (χ3v) is 2.63. The van der Waals surface area contributed by atoms with Crippen LogP contribution in [-0.2, 0) is 4.79 Å². The van der Waals surface area contributed by atoms with Crippen LogP contribution in [0, 0.1) is 11.3 Å². The Labute approximate surface area is 87.0 Å². The molecular formula is C12H22O2. The number of aliphatic carboxylic acids is 1. The highest BCUT2D eigenvalue weighted by Crippen LogP contribution is 2.37. The predicted molar refractivity (Wildman–Crippen MR) is 59.2 cm³/mol. The lowest BCUT2D eigenvalue weighted by Crippen LogP contribution is -2.20. The molecule has 0 aliphatic heterocycles. The van der Waals surface area contributed by atoms with Crippen LogP contribution in [0.1, 0.15) is 46.5 Å². The largest absolute Gasteiger partial charge is 0.478 e. The van der Waals surface area contributed by atoms with Gasteiger partial charge in [-0.2, -0.15) is 0 Å². The number of carboxylic acid groups (broad SMARTS) is 1. The van der Waals surface area contributed by atoms with Crippen molar-refractivity contribution in [3.8, 4) is 0 Å². The topological polar surface area (TPSA) is 37.3 Å². The molecule has 2 heteroatoms. The number of carboxylic acids is 1. The average molecular weight is 198 g/mol. The molecule has 0 amide bonds. The van der Waals surface area contributed by atoms with Crippen molar-refractivity contribution in [1.82, 2.24) is 0 Å². The maximum absolute atomic E-state index is 9.25. The first-order valence-electron chi connectivity index (χ1n) is 5.23. The molecular weight excluding hydrogens is 176 g/mol. The number of rotatable bonds is 1. The second-order valence-corrected chi connectivity index (χ2v) is 4.91. The first-order valence-corrected chi connectivity index (χ1v) is 5.23. The van der Waals surface area contributed by atoms with Crippen molar-refractivity contribution < 1.29 is 9.90 Å². The van der Waals surface area contributed by atoms with Crippen molar-refractivity contribution in [2.24, 2.45) is 11.3 Å². The van der Waals surface area contributed by atoms with E-state index in [1.54, 1.807) is 0 Å². The van der Waals surface area contributed by atoms with Crippen molar-refractivity contribution in [1.29, 1.82) is 0 Å². The summed E-state index contributed by atoms with van der Waals surface area (Å²) in [6, 6.07) is 0. The second kappa shape index (κ2) is 5.84. The normalized spacial score (nSPS) is 24.4. The van der Waals surface area contributed by atoms with Crippen LogP contribution in [0.4, 0.5) is 0 Å². The Morgan fingerprint density at radius 3 is 2.29 bits per heavy atom. The molecule has 1 rings (SSSR count). The highest BCUT2D eigenvalue weighted by Gasteiger charge is 2.24. The average Bonchev–Trinajstić information content (AvgIpc) is 2.02. The highest BCUT2D eigenvalue weighted by atomic mass is 16.4. The van der Waals surface area contributed by atoms with E-state index in [0.717, 1.165) is 12.0 Å². The van der Waals surface area contributed by atoms with Crippen molar-refractivity contribution in [3.05, 3.63) is 12.7 Å². The summed E-state index contributed by atoms with van der Waals surface area (Å²) < 4.78 is 0. The third-order valence-electron chi connectivity index (χ3n) is 2.63. The van der Waals surface area contributed by atoms with Gasteiger partial charge in [-0.15, -0.1) is 0 Å². The molecule has 1 saturated carbocycles. The molecule has 0 radical (unpaired) electrons. The van der Waals surface area contributed by atoms with Gasteiger partial charge in [0.15, 0.2) is 0 Å². The van der Waals surface area contributed by atoms with E-state index >= 15 is 0 Å². The molecule has 0 aromatic heterocycles. The zero-order valence-corrected chi connectivity index (χ0v) is 9.55. The van der Waals surface area contributed by atoms with Gasteiger partial charge < -0.3 is 5.11 Å². The predicted octanol–water partition coefficient (Wildman–Crippen LogP) is 3.48. The minimum absolute atomic E-state index is 0.650. The van der Waals surface area contributed by atoms with E-state index < -0.39 is 5.97 Å². The van der Waals surface area contributed by atoms with E-state index in [4.69, 9.17) is 5.11 Å². The van der Waals surface area contributed by atoms with Gasteiger partial charge in [0.25, 0.3) is 0 Å². The molecule has 0 spiro atoms. The lowest BCUT2D eigenvalue weighted by Gasteiger charge is -2.33. The summed E-state index contributed by atoms with van der Waals surface area (Å²) in [5.74, 6) is -0.00116. The molecule has 0 aromatic rings. The zero-order chi connectivity index (χ0) is 11.2. The Balaban J connectivity index is 0.000000292. The summed E-state index contributed by atoms with van der Waals surface area (Å²) >= 11 is 0. The zero-order valence-electron chi connectivity index (χ0n) is 9.55. The summed E-state index contributed by atoms with van der Waals surface area (Å²) in [4.78, 5) is 9.25. The van der Waals surface area contributed by atoms with E-state index in [2.05, 4.69) is 27.4 Å². The van der Waals surface area contributed by atoms with Crippen LogP contribution in [0.25, 0.3) is 0 Å². The third kappa shape index (κ3) is 6.70. The van der Waals surface area contributed by atoms with Crippen molar-refractivity contribution >= 4 is 5.97 Å². The fourth-order valence-electron chi connectivity index (χ4n) is 2.08. The fourth-order valence-corrected chi connectivity index (χ4v) is 2.08. The van der Waals surface area contributed by atoms with Gasteiger partial charge in [0.05, 0.1) is 0 Å². The molecule has 1 fully saturated rings. The van der Waals surface area contributed by atoms with Crippen LogP contribution in [0.2, 0.25) is 0 Å². The van der Waals surface area contributed by atoms with Gasteiger partial charge in [-0.3, -0.25) is 0 Å². The standard InChI is InChI=1S/C9H18.C3H4O2/c1-8-5-4-6-9(2,3)7-8;1-2-3(4)5/h8H,4-7H2,1-3H3;2H,1H2,(H,4,5). The van der Waals surface area contributed by atoms with E-state index in [0.29, 0.717) is 5.41 Å². The summed E-state index contributed by atoms with van der Waals surface area (Å²) in [7, 11) is 0. The van der Waals surface area contributed by atoms with Crippen LogP contribution in [0.15, 0.2) is 12.7 Å². The molecule has 14 heavy (non-hydrogen) atoms. The number of hydrogen-bond donors (Lipinski definition) is 1. The molecule has 1 aliphatic carbocycles. The molecule has 0 saturated heterocycles. The summed E-state index contributed by atoms with van der Waals surface area (Å²) in [5.41, 5.74) is 0.650. The lowest BCUT2D eigenvalue weighted by atomic mass is 9.73. The Morgan fingerprint density at radius 1 is 1.57 bits per heavy atom. The monoisotopic (exact) mass is 198 g/mol. The molecule has 0 bridgehead atoms. The van der Waals surface area contributed by atoms with Gasteiger partial charge in [-0.25, -0.2) is 4.79 Å². The minimum atomic E-state index is -0.981. The van der Waals surface area contributed by atoms with Crippen LogP contribution in [-0.4, -0.2) is 11.1 Å². The molecule has 82 valence electrons. The lowest BCUT2D eigenvalue weighted by molar-refractivity contribution is -0.131. The van der Waals surface area contributed by atoms with Crippen LogP contribution in [0.3, 0.4) is 0 Å². The highest BCUT2D eigenvalue weighted by molar-refractivity contribution is 5.78. The minimum Gasteiger partial charge on any atom is -0.478 e. The van der Waals surface area contributed by atoms with Crippen molar-refractivity contribution in [2.45, 2.75) is 46.5 Å². The van der Waals surface area contributed by atoms with Gasteiger partial charge >= 0.3 is 5.97 Å². The molecule has 1 N–H and O–H groups in total. The van der Waals surface area contributed by atoms with Crippen LogP contribution >= 0.6 is 0 Å². The van der Waals surface area contributed by atoms with Crippen LogP contribution in [0.5, 0.6) is 0 Å². The van der Waals surface area contributed by atoms with Gasteiger partial charge in [-0.05, 0) is 24.2 Å². The second-order valence-electron chi connectivity index (χ2n) is 4.91. The van der Waals surface area contributed by atoms with E-state index in [-0.39, 0.29) is 0 Å². The Bertz CT molecular complexity index is 194. The molecule has 1 aliphatic rings. The summed E-state index contributed by atoms with van der Waals surface area (Å²) in [6.45, 7) is 10.1. The van der Waals surface area contributed by atoms with Crippen molar-refractivity contribution in [2.75, 3.05) is 0 Å². The smallest absolute Gasteiger partial charge is 0.327 e. The van der Waals surface area contributed by atoms with Crippen LogP contribution < -0.4 is 0 Å². The summed E-state index contributed by atoms with van der Waals surface area (Å²) in [5, 5.41) is 7.60. The Kier molecular flexibility index (Phi) is 5.51. The first kappa shape index (κ1) is 13.2. The Hall–Kier alpha value is -0.790. The quantitative estimate of drug-likeness (QED) is 0.655. The fraction of sp³-hybridized carbons (Fsp3) is 0.750. The van der Waals surface area contributed by atoms with Gasteiger partial charge in [0.2, 0.25) is 0 Å². The maximum atomic E-state index is 9.25. The van der Waals surface area contributed by atoms with E-state index in [1.165, 1.54) is 25.7 Å². The van der Waals surface area contributed by atoms with E-state index in [1.807, 2.05) is 0 Å². The first-order chi connectivity index (χ1) is 6.37. The molecule has 2 nitrogen and oxygen atoms in total. The SMILES string of the molecule is C=CC(=O)O.CC1CCCC(C)(C)C1. The van der Waals surface area contributed by atoms with E-state index in [9.17, 15) is 4.79 Å². The molecule has 0 aromatic carbocycles. The number of hydrogen-bond acceptors (Lipinski definition) is 1. The van der Waals surface area contributed by atoms with Gasteiger partial charge in [0.1, 0.15) is 0 Å².